The van der Waals surface area contributed by atoms with Gasteiger partial charge in [0, 0.05) is 41.9 Å². The number of piperidine rings is 2. The average molecular weight is 823 g/mol. The van der Waals surface area contributed by atoms with Crippen LogP contribution in [-0.2, 0) is 14.3 Å². The SMILES string of the molecule is CSc1cccc(Oc2ncc(F)cc2C(=O)NC2CCN(C(=O)COC(C)=O)CC2)c1.CSc1cccc(Oc2ncc(F)cc2C(=O)NC2CCNCC2)c1. The number of amides is 3. The summed E-state index contributed by atoms with van der Waals surface area (Å²) >= 11 is 3.13. The van der Waals surface area contributed by atoms with Crippen LogP contribution in [0.15, 0.2) is 82.8 Å². The van der Waals surface area contributed by atoms with Crippen molar-refractivity contribution in [1.29, 1.82) is 0 Å². The normalized spacial score (nSPS) is 14.4. The van der Waals surface area contributed by atoms with Crippen LogP contribution < -0.4 is 25.4 Å². The van der Waals surface area contributed by atoms with Crippen molar-refractivity contribution in [3.63, 3.8) is 0 Å². The van der Waals surface area contributed by atoms with Crippen LogP contribution in [-0.4, -0.2) is 95.9 Å². The molecule has 0 radical (unpaired) electrons. The molecule has 3 N–H and O–H groups in total. The van der Waals surface area contributed by atoms with Crippen molar-refractivity contribution in [2.75, 3.05) is 45.3 Å². The van der Waals surface area contributed by atoms with E-state index in [0.717, 1.165) is 60.2 Å². The number of aromatic nitrogens is 2. The molecule has 0 bridgehead atoms. The summed E-state index contributed by atoms with van der Waals surface area (Å²) in [4.78, 5) is 59.8. The van der Waals surface area contributed by atoms with E-state index in [1.165, 1.54) is 6.92 Å². The molecule has 3 amide bonds. The number of nitrogens with zero attached hydrogens (tertiary/aromatic N) is 3. The van der Waals surface area contributed by atoms with Crippen molar-refractivity contribution in [3.05, 3.63) is 95.8 Å². The van der Waals surface area contributed by atoms with E-state index in [-0.39, 0.29) is 53.4 Å². The predicted octanol–water partition coefficient (Wildman–Crippen LogP) is 6.24. The third-order valence-corrected chi connectivity index (χ3v) is 10.3. The second-order valence-electron chi connectivity index (χ2n) is 13.0. The van der Waals surface area contributed by atoms with Gasteiger partial charge in [-0.05, 0) is 99.8 Å². The molecule has 2 fully saturated rings. The molecule has 0 aliphatic carbocycles. The first-order valence-corrected chi connectivity index (χ1v) is 20.6. The molecular weight excluding hydrogens is 779 g/mol. The van der Waals surface area contributed by atoms with E-state index < -0.39 is 23.5 Å². The fourth-order valence-electron chi connectivity index (χ4n) is 5.91. The minimum atomic E-state index is -0.647. The molecule has 4 aromatic rings. The molecule has 2 aliphatic rings. The number of ether oxygens (including phenoxy) is 3. The highest BCUT2D eigenvalue weighted by Crippen LogP contribution is 2.29. The minimum Gasteiger partial charge on any atom is -0.456 e. The largest absolute Gasteiger partial charge is 0.456 e. The fourth-order valence-corrected chi connectivity index (χ4v) is 6.81. The molecule has 0 atom stereocenters. The van der Waals surface area contributed by atoms with Gasteiger partial charge in [0.25, 0.3) is 17.7 Å². The van der Waals surface area contributed by atoms with E-state index in [1.807, 2.05) is 42.8 Å². The summed E-state index contributed by atoms with van der Waals surface area (Å²) in [6, 6.07) is 16.9. The molecule has 2 aliphatic heterocycles. The maximum Gasteiger partial charge on any atom is 0.303 e. The van der Waals surface area contributed by atoms with Crippen molar-refractivity contribution in [2.24, 2.45) is 0 Å². The zero-order valence-corrected chi connectivity index (χ0v) is 33.4. The van der Waals surface area contributed by atoms with Crippen LogP contribution in [0.1, 0.15) is 53.3 Å². The van der Waals surface area contributed by atoms with Gasteiger partial charge in [0.05, 0.1) is 12.4 Å². The highest BCUT2D eigenvalue weighted by Gasteiger charge is 2.26. The van der Waals surface area contributed by atoms with E-state index in [0.29, 0.717) is 37.4 Å². The Hall–Kier alpha value is -5.26. The number of hydrogen-bond acceptors (Lipinski definition) is 12. The van der Waals surface area contributed by atoms with E-state index in [2.05, 4.69) is 25.9 Å². The number of carbonyl (C=O) groups is 4. The Morgan fingerprint density at radius 2 is 1.23 bits per heavy atom. The van der Waals surface area contributed by atoms with Gasteiger partial charge in [0.15, 0.2) is 6.61 Å². The molecule has 2 aromatic heterocycles. The Morgan fingerprint density at radius 1 is 0.754 bits per heavy atom. The van der Waals surface area contributed by atoms with Gasteiger partial charge in [-0.15, -0.1) is 23.5 Å². The fraction of sp³-hybridized carbons (Fsp3) is 0.350. The number of benzene rings is 2. The van der Waals surface area contributed by atoms with Crippen LogP contribution in [0.4, 0.5) is 8.78 Å². The number of carbonyl (C=O) groups excluding carboxylic acids is 4. The minimum absolute atomic E-state index is 0.00656. The summed E-state index contributed by atoms with van der Waals surface area (Å²) in [6.45, 7) is 3.50. The van der Waals surface area contributed by atoms with Gasteiger partial charge in [-0.2, -0.15) is 0 Å². The number of halogens is 2. The van der Waals surface area contributed by atoms with E-state index >= 15 is 0 Å². The van der Waals surface area contributed by atoms with E-state index in [9.17, 15) is 28.0 Å². The Labute approximate surface area is 338 Å². The molecular formula is C40H44F2N6O7S2. The highest BCUT2D eigenvalue weighted by molar-refractivity contribution is 7.98. The van der Waals surface area contributed by atoms with E-state index in [4.69, 9.17) is 14.2 Å². The molecule has 57 heavy (non-hydrogen) atoms. The predicted molar refractivity (Wildman–Crippen MR) is 212 cm³/mol. The van der Waals surface area contributed by atoms with Crippen LogP contribution in [0.2, 0.25) is 0 Å². The second kappa shape index (κ2) is 21.3. The van der Waals surface area contributed by atoms with E-state index in [1.54, 1.807) is 46.6 Å². The standard InChI is InChI=1S/C22H24FN3O5S.C18H20FN3O2S/c1-14(27)30-13-20(28)26-8-6-16(7-9-26)25-21(29)19-10-15(23)12-24-22(19)31-17-4-3-5-18(11-17)32-2;1-25-15-4-2-3-14(10-15)24-18-16(9-12(19)11-21-18)17(23)22-13-5-7-20-8-6-13/h3-5,10-12,16H,6-9,13H2,1-2H3,(H,25,29);2-4,9-11,13,20H,5-8H2,1H3,(H,22,23). The van der Waals surface area contributed by atoms with Crippen molar-refractivity contribution in [2.45, 2.75) is 54.5 Å². The molecule has 2 aromatic carbocycles. The summed E-state index contributed by atoms with van der Waals surface area (Å²) < 4.78 is 43.7. The molecule has 302 valence electrons. The van der Waals surface area contributed by atoms with Gasteiger partial charge < -0.3 is 35.1 Å². The summed E-state index contributed by atoms with van der Waals surface area (Å²) in [6.07, 6.45) is 8.68. The molecule has 2 saturated heterocycles. The zero-order chi connectivity index (χ0) is 40.7. The maximum absolute atomic E-state index is 13.8. The monoisotopic (exact) mass is 822 g/mol. The lowest BCUT2D eigenvalue weighted by Crippen LogP contribution is -2.47. The number of thioether (sulfide) groups is 2. The third-order valence-electron chi connectivity index (χ3n) is 8.89. The first-order valence-electron chi connectivity index (χ1n) is 18.2. The Balaban J connectivity index is 0.000000224. The molecule has 0 spiro atoms. The van der Waals surface area contributed by atoms with Gasteiger partial charge in [-0.1, -0.05) is 12.1 Å². The number of pyridine rings is 2. The molecule has 17 heteroatoms. The lowest BCUT2D eigenvalue weighted by Gasteiger charge is -2.32. The summed E-state index contributed by atoms with van der Waals surface area (Å²) in [5, 5.41) is 9.05. The zero-order valence-electron chi connectivity index (χ0n) is 31.7. The Kier molecular flexibility index (Phi) is 16.0. The molecule has 6 rings (SSSR count). The second-order valence-corrected chi connectivity index (χ2v) is 14.7. The number of likely N-dealkylation sites (tertiary alicyclic amines) is 1. The Bertz CT molecular complexity index is 2030. The molecule has 13 nitrogen and oxygen atoms in total. The van der Waals surface area contributed by atoms with Crippen LogP contribution in [0.5, 0.6) is 23.3 Å². The van der Waals surface area contributed by atoms with Gasteiger partial charge in [-0.3, -0.25) is 19.2 Å². The summed E-state index contributed by atoms with van der Waals surface area (Å²) in [5.74, 6) is -1.71. The van der Waals surface area contributed by atoms with Crippen molar-refractivity contribution in [3.8, 4) is 23.3 Å². The third kappa shape index (κ3) is 13.2. The molecule has 4 heterocycles. The molecule has 0 unspecified atom stereocenters. The quantitative estimate of drug-likeness (QED) is 0.109. The summed E-state index contributed by atoms with van der Waals surface area (Å²) in [5.41, 5.74) is 0.0982. The van der Waals surface area contributed by atoms with Crippen molar-refractivity contribution < 1.29 is 42.2 Å². The van der Waals surface area contributed by atoms with Crippen LogP contribution in [0, 0.1) is 11.6 Å². The number of rotatable bonds is 12. The van der Waals surface area contributed by atoms with Crippen molar-refractivity contribution >= 4 is 47.2 Å². The summed E-state index contributed by atoms with van der Waals surface area (Å²) in [7, 11) is 0. The van der Waals surface area contributed by atoms with Gasteiger partial charge in [-0.25, -0.2) is 18.7 Å². The number of nitrogens with one attached hydrogen (secondary N) is 3. The number of esters is 1. The Morgan fingerprint density at radius 3 is 1.68 bits per heavy atom. The topological polar surface area (TPSA) is 161 Å². The lowest BCUT2D eigenvalue weighted by molar-refractivity contribution is -0.150. The maximum atomic E-state index is 13.8. The van der Waals surface area contributed by atoms with Gasteiger partial charge in [0.2, 0.25) is 11.8 Å². The van der Waals surface area contributed by atoms with Crippen LogP contribution in [0.25, 0.3) is 0 Å². The van der Waals surface area contributed by atoms with Crippen molar-refractivity contribution in [1.82, 2.24) is 30.8 Å². The molecule has 0 saturated carbocycles. The number of hydrogen-bond donors (Lipinski definition) is 3. The first-order chi connectivity index (χ1) is 27.5. The van der Waals surface area contributed by atoms with Gasteiger partial charge in [0.1, 0.15) is 34.3 Å². The van der Waals surface area contributed by atoms with Gasteiger partial charge >= 0.3 is 5.97 Å². The average Bonchev–Trinajstić information content (AvgIpc) is 3.22. The van der Waals surface area contributed by atoms with Crippen LogP contribution >= 0.6 is 23.5 Å². The smallest absolute Gasteiger partial charge is 0.303 e. The lowest BCUT2D eigenvalue weighted by atomic mass is 10.0. The first kappa shape index (κ1) is 42.9. The van der Waals surface area contributed by atoms with Crippen LogP contribution in [0.3, 0.4) is 0 Å². The highest BCUT2D eigenvalue weighted by atomic mass is 32.2.